The summed E-state index contributed by atoms with van der Waals surface area (Å²) in [5.41, 5.74) is 1.13. The van der Waals surface area contributed by atoms with E-state index in [4.69, 9.17) is 21.1 Å². The number of nitrogens with zero attached hydrogens (tertiary/aromatic N) is 2. The number of aromatic carboxylic acids is 1. The van der Waals surface area contributed by atoms with Crippen molar-refractivity contribution in [2.75, 3.05) is 0 Å². The highest BCUT2D eigenvalue weighted by molar-refractivity contribution is 6.21. The van der Waals surface area contributed by atoms with Crippen molar-refractivity contribution in [3.63, 3.8) is 0 Å². The second-order valence-electron chi connectivity index (χ2n) is 4.42. The fraction of sp³-hybridized carbons (Fsp3) is 0.133. The molecular weight excluding hydrogens is 306 g/mol. The van der Waals surface area contributed by atoms with E-state index in [0.717, 1.165) is 5.57 Å². The molecule has 1 unspecified atom stereocenters. The summed E-state index contributed by atoms with van der Waals surface area (Å²) in [6, 6.07) is 6.19. The highest BCUT2D eigenvalue weighted by Gasteiger charge is 2.12. The molecule has 1 atom stereocenters. The van der Waals surface area contributed by atoms with Crippen molar-refractivity contribution >= 4 is 23.1 Å². The lowest BCUT2D eigenvalue weighted by Crippen LogP contribution is -2.14. The van der Waals surface area contributed by atoms with E-state index in [-0.39, 0.29) is 5.56 Å². The molecule has 0 bridgehead atoms. The van der Waals surface area contributed by atoms with E-state index in [1.54, 1.807) is 25.1 Å². The number of halogens is 1. The SMILES string of the molecule is C=CNC(Cl)/C=C(\C)c1nnc(-c2ccc(C(=O)O)cc2)o1. The van der Waals surface area contributed by atoms with Crippen LogP contribution in [0.5, 0.6) is 0 Å². The highest BCUT2D eigenvalue weighted by atomic mass is 35.5. The van der Waals surface area contributed by atoms with E-state index < -0.39 is 11.5 Å². The summed E-state index contributed by atoms with van der Waals surface area (Å²) in [5, 5.41) is 19.6. The van der Waals surface area contributed by atoms with Gasteiger partial charge in [-0.05, 0) is 43.5 Å². The molecular formula is C15H14ClN3O3. The number of hydrogen-bond donors (Lipinski definition) is 2. The maximum absolute atomic E-state index is 10.8. The third-order valence-corrected chi connectivity index (χ3v) is 3.07. The Kier molecular flexibility index (Phi) is 4.95. The first-order chi connectivity index (χ1) is 10.5. The molecule has 0 aliphatic rings. The Morgan fingerprint density at radius 3 is 2.68 bits per heavy atom. The summed E-state index contributed by atoms with van der Waals surface area (Å²) < 4.78 is 5.56. The number of benzene rings is 1. The fourth-order valence-electron chi connectivity index (χ4n) is 1.71. The number of allylic oxidation sites excluding steroid dienone is 1. The largest absolute Gasteiger partial charge is 0.478 e. The van der Waals surface area contributed by atoms with Crippen LogP contribution in [0, 0.1) is 0 Å². The molecule has 7 heteroatoms. The predicted molar refractivity (Wildman–Crippen MR) is 83.3 cm³/mol. The Bertz CT molecular complexity index is 707. The summed E-state index contributed by atoms with van der Waals surface area (Å²) >= 11 is 5.99. The quantitative estimate of drug-likeness (QED) is 0.628. The van der Waals surface area contributed by atoms with Crippen molar-refractivity contribution in [1.82, 2.24) is 15.5 Å². The molecule has 22 heavy (non-hydrogen) atoms. The van der Waals surface area contributed by atoms with Crippen molar-refractivity contribution in [1.29, 1.82) is 0 Å². The van der Waals surface area contributed by atoms with Gasteiger partial charge in [0.2, 0.25) is 11.8 Å². The maximum atomic E-state index is 10.8. The first-order valence-corrected chi connectivity index (χ1v) is 6.82. The number of carbonyl (C=O) groups is 1. The van der Waals surface area contributed by atoms with Crippen LogP contribution in [0.1, 0.15) is 23.2 Å². The average molecular weight is 320 g/mol. The average Bonchev–Trinajstić information content (AvgIpc) is 2.97. The van der Waals surface area contributed by atoms with Gasteiger partial charge in [-0.25, -0.2) is 4.79 Å². The second-order valence-corrected chi connectivity index (χ2v) is 4.89. The molecule has 0 saturated carbocycles. The summed E-state index contributed by atoms with van der Waals surface area (Å²) in [7, 11) is 0. The van der Waals surface area contributed by atoms with Gasteiger partial charge in [-0.3, -0.25) is 0 Å². The molecule has 2 rings (SSSR count). The van der Waals surface area contributed by atoms with Crippen LogP contribution in [-0.2, 0) is 0 Å². The molecule has 1 aromatic carbocycles. The Hall–Kier alpha value is -2.60. The van der Waals surface area contributed by atoms with Gasteiger partial charge in [0.25, 0.3) is 0 Å². The first-order valence-electron chi connectivity index (χ1n) is 6.38. The molecule has 0 fully saturated rings. The van der Waals surface area contributed by atoms with Crippen LogP contribution < -0.4 is 5.32 Å². The molecule has 1 heterocycles. The van der Waals surface area contributed by atoms with Gasteiger partial charge < -0.3 is 14.8 Å². The third kappa shape index (κ3) is 3.73. The Morgan fingerprint density at radius 2 is 2.09 bits per heavy atom. The van der Waals surface area contributed by atoms with Crippen LogP contribution >= 0.6 is 11.6 Å². The number of alkyl halides is 1. The second kappa shape index (κ2) is 6.91. The van der Waals surface area contributed by atoms with Gasteiger partial charge in [-0.15, -0.1) is 10.2 Å². The van der Waals surface area contributed by atoms with E-state index in [0.29, 0.717) is 17.3 Å². The van der Waals surface area contributed by atoms with Gasteiger partial charge >= 0.3 is 5.97 Å². The van der Waals surface area contributed by atoms with Crippen molar-refractivity contribution in [2.45, 2.75) is 12.4 Å². The smallest absolute Gasteiger partial charge is 0.335 e. The standard InChI is InChI=1S/C15H14ClN3O3/c1-3-17-12(16)8-9(2)13-18-19-14(22-13)10-4-6-11(7-5-10)15(20)21/h3-8,12,17H,1H2,2H3,(H,20,21)/b9-8+. The fourth-order valence-corrected chi connectivity index (χ4v) is 1.98. The van der Waals surface area contributed by atoms with Gasteiger partial charge in [0.15, 0.2) is 0 Å². The highest BCUT2D eigenvalue weighted by Crippen LogP contribution is 2.22. The molecule has 0 saturated heterocycles. The lowest BCUT2D eigenvalue weighted by molar-refractivity contribution is 0.0697. The number of rotatable bonds is 6. The Labute approximate surface area is 132 Å². The minimum Gasteiger partial charge on any atom is -0.478 e. The molecule has 0 amide bonds. The zero-order valence-electron chi connectivity index (χ0n) is 11.8. The molecule has 0 aliphatic carbocycles. The summed E-state index contributed by atoms with van der Waals surface area (Å²) in [6.45, 7) is 5.32. The van der Waals surface area contributed by atoms with Crippen molar-refractivity contribution in [3.8, 4) is 11.5 Å². The molecule has 6 nitrogen and oxygen atoms in total. The van der Waals surface area contributed by atoms with Crippen LogP contribution in [0.25, 0.3) is 17.0 Å². The van der Waals surface area contributed by atoms with E-state index in [9.17, 15) is 4.79 Å². The topological polar surface area (TPSA) is 88.2 Å². The summed E-state index contributed by atoms with van der Waals surface area (Å²) in [5.74, 6) is -0.337. The minimum atomic E-state index is -0.987. The van der Waals surface area contributed by atoms with Crippen molar-refractivity contribution in [2.24, 2.45) is 0 Å². The lowest BCUT2D eigenvalue weighted by Gasteiger charge is -2.03. The van der Waals surface area contributed by atoms with Crippen molar-refractivity contribution in [3.05, 3.63) is 54.6 Å². The predicted octanol–water partition coefficient (Wildman–Crippen LogP) is 3.14. The van der Waals surface area contributed by atoms with Gasteiger partial charge in [0.05, 0.1) is 5.56 Å². The monoisotopic (exact) mass is 319 g/mol. The third-order valence-electron chi connectivity index (χ3n) is 2.81. The molecule has 2 N–H and O–H groups in total. The minimum absolute atomic E-state index is 0.194. The normalized spacial score (nSPS) is 12.7. The van der Waals surface area contributed by atoms with Gasteiger partial charge in [0, 0.05) is 11.1 Å². The first kappa shape index (κ1) is 15.8. The molecule has 0 spiro atoms. The van der Waals surface area contributed by atoms with Gasteiger partial charge in [0.1, 0.15) is 5.50 Å². The van der Waals surface area contributed by atoms with Crippen molar-refractivity contribution < 1.29 is 14.3 Å². The number of aromatic nitrogens is 2. The molecule has 2 aromatic rings. The van der Waals surface area contributed by atoms with Gasteiger partial charge in [-0.1, -0.05) is 18.2 Å². The number of carboxylic acids is 1. The van der Waals surface area contributed by atoms with Crippen LogP contribution in [0.15, 0.2) is 47.5 Å². The van der Waals surface area contributed by atoms with Gasteiger partial charge in [-0.2, -0.15) is 0 Å². The Morgan fingerprint density at radius 1 is 1.41 bits per heavy atom. The Balaban J connectivity index is 2.20. The summed E-state index contributed by atoms with van der Waals surface area (Å²) in [4.78, 5) is 10.8. The molecule has 0 aliphatic heterocycles. The molecule has 114 valence electrons. The van der Waals surface area contributed by atoms with Crippen LogP contribution in [0.3, 0.4) is 0 Å². The lowest BCUT2D eigenvalue weighted by atomic mass is 10.1. The number of carboxylic acid groups (broad SMARTS) is 1. The number of nitrogens with one attached hydrogen (secondary N) is 1. The summed E-state index contributed by atoms with van der Waals surface area (Å²) in [6.07, 6.45) is 3.21. The molecule has 0 radical (unpaired) electrons. The zero-order valence-corrected chi connectivity index (χ0v) is 12.5. The van der Waals surface area contributed by atoms with E-state index >= 15 is 0 Å². The van der Waals surface area contributed by atoms with E-state index in [2.05, 4.69) is 22.1 Å². The van der Waals surface area contributed by atoms with Crippen LogP contribution in [0.4, 0.5) is 0 Å². The van der Waals surface area contributed by atoms with E-state index in [1.165, 1.54) is 18.3 Å². The van der Waals surface area contributed by atoms with Crippen LogP contribution in [0.2, 0.25) is 0 Å². The van der Waals surface area contributed by atoms with E-state index in [1.807, 2.05) is 0 Å². The number of hydrogen-bond acceptors (Lipinski definition) is 5. The van der Waals surface area contributed by atoms with Crippen LogP contribution in [-0.4, -0.2) is 26.8 Å². The zero-order chi connectivity index (χ0) is 16.1. The maximum Gasteiger partial charge on any atom is 0.335 e. The molecule has 1 aromatic heterocycles.